The Morgan fingerprint density at radius 3 is 2.31 bits per heavy atom. The number of carbonyl (C=O) groups excluding carboxylic acids is 1. The number of halogens is 1. The number of nitriles is 1. The first-order valence-corrected chi connectivity index (χ1v) is 14.7. The third-order valence-electron chi connectivity index (χ3n) is 7.82. The Morgan fingerprint density at radius 2 is 1.67 bits per heavy atom. The molecule has 0 atom stereocenters. The van der Waals surface area contributed by atoms with Gasteiger partial charge in [-0.1, -0.05) is 24.3 Å². The minimum Gasteiger partial charge on any atom is -0.354 e. The molecule has 0 aromatic heterocycles. The van der Waals surface area contributed by atoms with Crippen LogP contribution >= 0.6 is 0 Å². The van der Waals surface area contributed by atoms with Crippen LogP contribution in [0.1, 0.15) is 24.0 Å². The van der Waals surface area contributed by atoms with E-state index in [1.165, 1.54) is 36.4 Å². The summed E-state index contributed by atoms with van der Waals surface area (Å²) in [5.41, 5.74) is 1.90. The number of carbonyl (C=O) groups is 1. The Hall–Kier alpha value is -3.52. The van der Waals surface area contributed by atoms with E-state index < -0.39 is 14.7 Å². The Labute approximate surface area is 228 Å². The molecular weight excluding hydrogens is 517 g/mol. The van der Waals surface area contributed by atoms with Crippen LogP contribution in [-0.4, -0.2) is 79.7 Å². The summed E-state index contributed by atoms with van der Waals surface area (Å²) in [6.45, 7) is 4.69. The van der Waals surface area contributed by atoms with Gasteiger partial charge in [0.2, 0.25) is 9.84 Å². The molecule has 0 unspecified atom stereocenters. The number of nitrogens with one attached hydrogen (secondary N) is 1. The predicted molar refractivity (Wildman–Crippen MR) is 145 cm³/mol. The Bertz CT molecular complexity index is 1400. The highest BCUT2D eigenvalue weighted by Gasteiger charge is 2.49. The van der Waals surface area contributed by atoms with Crippen LogP contribution in [0.2, 0.25) is 0 Å². The maximum Gasteiger partial charge on any atom is 0.255 e. The maximum atomic E-state index is 14.1. The minimum atomic E-state index is -3.82. The lowest BCUT2D eigenvalue weighted by Gasteiger charge is -2.46. The lowest BCUT2D eigenvalue weighted by molar-refractivity contribution is -0.128. The molecule has 0 aliphatic carbocycles. The second-order valence-corrected chi connectivity index (χ2v) is 12.4. The van der Waals surface area contributed by atoms with Gasteiger partial charge in [-0.25, -0.2) is 12.8 Å². The third-order valence-corrected chi connectivity index (χ3v) is 10.4. The lowest BCUT2D eigenvalue weighted by Crippen LogP contribution is -2.58. The Morgan fingerprint density at radius 1 is 1.00 bits per heavy atom. The predicted octanol–water partition coefficient (Wildman–Crippen LogP) is 2.65. The molecule has 0 radical (unpaired) electrons. The fourth-order valence-corrected chi connectivity index (χ4v) is 7.67. The number of amides is 1. The minimum absolute atomic E-state index is 0.114. The number of piperidine rings is 1. The molecule has 10 heteroatoms. The van der Waals surface area contributed by atoms with Crippen molar-refractivity contribution < 1.29 is 17.6 Å². The topological polar surface area (TPSA) is 96.8 Å². The maximum absolute atomic E-state index is 14.1. The number of rotatable bonds is 6. The molecule has 3 heterocycles. The normalized spacial score (nSPS) is 19.8. The molecule has 3 aliphatic heterocycles. The van der Waals surface area contributed by atoms with Gasteiger partial charge in [-0.05, 0) is 67.9 Å². The van der Waals surface area contributed by atoms with E-state index in [0.717, 1.165) is 5.56 Å². The van der Waals surface area contributed by atoms with E-state index in [1.54, 1.807) is 24.4 Å². The first kappa shape index (κ1) is 27.1. The molecule has 5 rings (SSSR count). The summed E-state index contributed by atoms with van der Waals surface area (Å²) in [4.78, 5) is 18.4. The molecule has 8 nitrogen and oxygen atoms in total. The fraction of sp³-hybridized carbons (Fsp3) is 0.379. The van der Waals surface area contributed by atoms with Crippen LogP contribution < -0.4 is 5.32 Å². The van der Waals surface area contributed by atoms with Gasteiger partial charge in [-0.2, -0.15) is 5.26 Å². The zero-order valence-corrected chi connectivity index (χ0v) is 22.5. The van der Waals surface area contributed by atoms with E-state index in [2.05, 4.69) is 10.2 Å². The van der Waals surface area contributed by atoms with E-state index in [1.807, 2.05) is 21.9 Å². The molecule has 39 heavy (non-hydrogen) atoms. The Kier molecular flexibility index (Phi) is 7.84. The van der Waals surface area contributed by atoms with Crippen molar-refractivity contribution in [2.45, 2.75) is 29.2 Å². The monoisotopic (exact) mass is 549 g/mol. The second-order valence-electron chi connectivity index (χ2n) is 10.2. The van der Waals surface area contributed by atoms with Gasteiger partial charge in [0.1, 0.15) is 10.7 Å². The average Bonchev–Trinajstić information content (AvgIpc) is 2.98. The summed E-state index contributed by atoms with van der Waals surface area (Å²) in [6, 6.07) is 14.6. The van der Waals surface area contributed by atoms with Crippen LogP contribution in [-0.2, 0) is 21.2 Å². The van der Waals surface area contributed by atoms with Gasteiger partial charge in [-0.3, -0.25) is 9.69 Å². The summed E-state index contributed by atoms with van der Waals surface area (Å²) in [5.74, 6) is -0.370. The molecule has 0 bridgehead atoms. The van der Waals surface area contributed by atoms with Gasteiger partial charge < -0.3 is 15.1 Å². The summed E-state index contributed by atoms with van der Waals surface area (Å²) >= 11 is 0. The summed E-state index contributed by atoms with van der Waals surface area (Å²) in [6.07, 6.45) is 6.12. The molecule has 0 spiro atoms. The SMILES string of the molecule is N#Cc1ccc(S(=O)(=O)C2(N3C=C(C(=O)N4CCN(Cc5ccc(F)cc5)CC4)C=CC3)CCNCC2)cc1. The van der Waals surface area contributed by atoms with Crippen LogP contribution in [0.15, 0.2) is 77.4 Å². The van der Waals surface area contributed by atoms with Crippen molar-refractivity contribution in [3.8, 4) is 6.07 Å². The molecule has 2 aromatic rings. The van der Waals surface area contributed by atoms with Crippen molar-refractivity contribution in [3.05, 3.63) is 89.4 Å². The van der Waals surface area contributed by atoms with E-state index in [4.69, 9.17) is 5.26 Å². The van der Waals surface area contributed by atoms with Gasteiger partial charge >= 0.3 is 0 Å². The van der Waals surface area contributed by atoms with Crippen molar-refractivity contribution in [2.24, 2.45) is 0 Å². The highest BCUT2D eigenvalue weighted by molar-refractivity contribution is 7.92. The number of nitrogens with zero attached hydrogens (tertiary/aromatic N) is 4. The number of piperazine rings is 1. The molecule has 3 aliphatic rings. The third kappa shape index (κ3) is 5.48. The quantitative estimate of drug-likeness (QED) is 0.592. The van der Waals surface area contributed by atoms with E-state index in [-0.39, 0.29) is 16.6 Å². The second kappa shape index (κ2) is 11.3. The molecule has 2 saturated heterocycles. The van der Waals surface area contributed by atoms with E-state index >= 15 is 0 Å². The molecular formula is C29H32FN5O3S. The highest BCUT2D eigenvalue weighted by atomic mass is 32.2. The average molecular weight is 550 g/mol. The van der Waals surface area contributed by atoms with Gasteiger partial charge in [0, 0.05) is 45.5 Å². The van der Waals surface area contributed by atoms with Crippen molar-refractivity contribution in [2.75, 3.05) is 45.8 Å². The summed E-state index contributed by atoms with van der Waals surface area (Å²) in [7, 11) is -3.82. The summed E-state index contributed by atoms with van der Waals surface area (Å²) in [5, 5.41) is 12.4. The van der Waals surface area contributed by atoms with Gasteiger partial charge in [0.15, 0.2) is 0 Å². The molecule has 2 fully saturated rings. The first-order valence-electron chi connectivity index (χ1n) is 13.2. The van der Waals surface area contributed by atoms with Crippen LogP contribution in [0.4, 0.5) is 4.39 Å². The van der Waals surface area contributed by atoms with Crippen molar-refractivity contribution in [3.63, 3.8) is 0 Å². The van der Waals surface area contributed by atoms with Crippen molar-refractivity contribution >= 4 is 15.7 Å². The molecule has 204 valence electrons. The first-order chi connectivity index (χ1) is 18.8. The van der Waals surface area contributed by atoms with Crippen LogP contribution in [0.3, 0.4) is 0 Å². The Balaban J connectivity index is 1.32. The van der Waals surface area contributed by atoms with Gasteiger partial charge in [0.25, 0.3) is 5.91 Å². The molecule has 1 N–H and O–H groups in total. The lowest BCUT2D eigenvalue weighted by atomic mass is 10.0. The number of sulfone groups is 1. The van der Waals surface area contributed by atoms with Crippen LogP contribution in [0.5, 0.6) is 0 Å². The van der Waals surface area contributed by atoms with Gasteiger partial charge in [0.05, 0.1) is 22.1 Å². The van der Waals surface area contributed by atoms with Crippen LogP contribution in [0.25, 0.3) is 0 Å². The van der Waals surface area contributed by atoms with Crippen LogP contribution in [0, 0.1) is 17.1 Å². The standard InChI is InChI=1S/C29H32FN5O3S/c30-26-7-3-24(4-8-26)21-33-16-18-34(19-17-33)28(36)25-2-1-15-35(22-25)29(11-13-32-14-12-29)39(37,38)27-9-5-23(20-31)6-10-27/h1-10,22,32H,11-19,21H2. The smallest absolute Gasteiger partial charge is 0.255 e. The molecule has 1 amide bonds. The number of hydrogen-bond donors (Lipinski definition) is 1. The van der Waals surface area contributed by atoms with Crippen molar-refractivity contribution in [1.29, 1.82) is 5.26 Å². The van der Waals surface area contributed by atoms with E-state index in [0.29, 0.717) is 76.3 Å². The molecule has 0 saturated carbocycles. The highest BCUT2D eigenvalue weighted by Crippen LogP contribution is 2.38. The number of hydrogen-bond acceptors (Lipinski definition) is 7. The largest absolute Gasteiger partial charge is 0.354 e. The summed E-state index contributed by atoms with van der Waals surface area (Å²) < 4.78 is 41.3. The van der Waals surface area contributed by atoms with Crippen molar-refractivity contribution in [1.82, 2.24) is 20.0 Å². The van der Waals surface area contributed by atoms with E-state index in [9.17, 15) is 17.6 Å². The fourth-order valence-electron chi connectivity index (χ4n) is 5.56. The zero-order chi connectivity index (χ0) is 27.5. The number of benzene rings is 2. The zero-order valence-electron chi connectivity index (χ0n) is 21.7. The van der Waals surface area contributed by atoms with Gasteiger partial charge in [-0.15, -0.1) is 0 Å². The molecule has 2 aromatic carbocycles.